The third kappa shape index (κ3) is 4.65. The monoisotopic (exact) mass is 458 g/mol. The van der Waals surface area contributed by atoms with Gasteiger partial charge in [-0.3, -0.25) is 9.69 Å². The van der Waals surface area contributed by atoms with Crippen LogP contribution in [0.4, 0.5) is 19.3 Å². The van der Waals surface area contributed by atoms with Crippen molar-refractivity contribution in [3.05, 3.63) is 59.2 Å². The lowest BCUT2D eigenvalue weighted by molar-refractivity contribution is 0.0870. The number of aliphatic hydroxyl groups excluding tert-OH is 1. The number of nitrogens with zero attached hydrogens (tertiary/aromatic N) is 3. The fourth-order valence-electron chi connectivity index (χ4n) is 3.81. The summed E-state index contributed by atoms with van der Waals surface area (Å²) in [6.45, 7) is 4.35. The summed E-state index contributed by atoms with van der Waals surface area (Å²) in [5.41, 5.74) is 1.35. The number of hydrogen-bond donors (Lipinski definition) is 2. The number of ether oxygens (including phenoxy) is 1. The number of aromatic amines is 1. The number of carbonyl (C=O) groups excluding carboxylic acids is 2. The van der Waals surface area contributed by atoms with Gasteiger partial charge in [-0.25, -0.2) is 13.6 Å². The van der Waals surface area contributed by atoms with Crippen molar-refractivity contribution in [1.29, 1.82) is 0 Å². The lowest BCUT2D eigenvalue weighted by atomic mass is 10.1. The second-order valence-corrected chi connectivity index (χ2v) is 8.44. The molecule has 0 radical (unpaired) electrons. The normalized spacial score (nSPS) is 16.1. The van der Waals surface area contributed by atoms with E-state index in [0.29, 0.717) is 36.2 Å². The number of aliphatic hydroxyl groups is 1. The largest absolute Gasteiger partial charge is 0.441 e. The van der Waals surface area contributed by atoms with Crippen LogP contribution in [0, 0.1) is 0 Å². The van der Waals surface area contributed by atoms with Crippen molar-refractivity contribution in [3.8, 4) is 0 Å². The molecule has 2 amide bonds. The van der Waals surface area contributed by atoms with Crippen LogP contribution in [0.15, 0.2) is 47.5 Å². The Hall–Kier alpha value is -3.53. The van der Waals surface area contributed by atoms with E-state index in [1.165, 1.54) is 23.1 Å². The Kier molecular flexibility index (Phi) is 6.03. The summed E-state index contributed by atoms with van der Waals surface area (Å²) in [6, 6.07) is 10.5. The molecule has 1 saturated heterocycles. The quantitative estimate of drug-likeness (QED) is 0.587. The van der Waals surface area contributed by atoms with E-state index in [0.717, 1.165) is 6.07 Å². The molecule has 4 rings (SSSR count). The molecule has 2 N–H and O–H groups in total. The van der Waals surface area contributed by atoms with Gasteiger partial charge in [-0.1, -0.05) is 12.1 Å². The Bertz CT molecular complexity index is 1280. The van der Waals surface area contributed by atoms with E-state index in [1.807, 2.05) is 13.8 Å². The van der Waals surface area contributed by atoms with Gasteiger partial charge in [0, 0.05) is 30.0 Å². The molecule has 0 atom stereocenters. The van der Waals surface area contributed by atoms with Crippen molar-refractivity contribution in [2.24, 2.45) is 4.99 Å². The summed E-state index contributed by atoms with van der Waals surface area (Å²) < 4.78 is 33.1. The summed E-state index contributed by atoms with van der Waals surface area (Å²) in [5, 5.41) is 9.29. The summed E-state index contributed by atoms with van der Waals surface area (Å²) in [7, 11) is 0. The van der Waals surface area contributed by atoms with Gasteiger partial charge in [0.2, 0.25) is 5.62 Å². The average molecular weight is 458 g/mol. The number of cyclic esters (lactones) is 1. The number of benzene rings is 2. The van der Waals surface area contributed by atoms with E-state index in [9.17, 15) is 23.5 Å². The fraction of sp³-hybridized carbons (Fsp3) is 0.348. The Morgan fingerprint density at radius 2 is 2.06 bits per heavy atom. The molecule has 3 aromatic rings. The van der Waals surface area contributed by atoms with E-state index < -0.39 is 24.0 Å². The summed E-state index contributed by atoms with van der Waals surface area (Å²) in [5.74, 6) is -0.674. The van der Waals surface area contributed by atoms with Gasteiger partial charge < -0.3 is 19.4 Å². The highest BCUT2D eigenvalue weighted by Crippen LogP contribution is 2.29. The van der Waals surface area contributed by atoms with Crippen LogP contribution in [0.5, 0.6) is 0 Å². The van der Waals surface area contributed by atoms with Crippen molar-refractivity contribution in [1.82, 2.24) is 9.55 Å². The number of carbonyl (C=O) groups is 2. The maximum absolute atomic E-state index is 13.0. The van der Waals surface area contributed by atoms with Gasteiger partial charge in [0.1, 0.15) is 5.60 Å². The van der Waals surface area contributed by atoms with Crippen LogP contribution in [0.3, 0.4) is 0 Å². The summed E-state index contributed by atoms with van der Waals surface area (Å²) >= 11 is 0. The van der Waals surface area contributed by atoms with Gasteiger partial charge in [0.25, 0.3) is 12.3 Å². The van der Waals surface area contributed by atoms with E-state index in [4.69, 9.17) is 4.74 Å². The van der Waals surface area contributed by atoms with Crippen LogP contribution in [0.1, 0.15) is 42.6 Å². The van der Waals surface area contributed by atoms with Gasteiger partial charge in [-0.15, -0.1) is 0 Å². The molecule has 0 aliphatic carbocycles. The maximum atomic E-state index is 13.0. The van der Waals surface area contributed by atoms with Crippen LogP contribution in [-0.2, 0) is 11.3 Å². The van der Waals surface area contributed by atoms with Crippen LogP contribution < -0.4 is 10.5 Å². The Morgan fingerprint density at radius 3 is 2.73 bits per heavy atom. The van der Waals surface area contributed by atoms with Crippen LogP contribution in [0.25, 0.3) is 11.0 Å². The van der Waals surface area contributed by atoms with Crippen molar-refractivity contribution < 1.29 is 28.2 Å². The molecule has 174 valence electrons. The molecule has 0 saturated carbocycles. The molecule has 10 heteroatoms. The first-order valence-electron chi connectivity index (χ1n) is 10.5. The summed E-state index contributed by atoms with van der Waals surface area (Å²) in [4.78, 5) is 33.7. The number of fused-ring (bicyclic) bond motifs is 1. The second-order valence-electron chi connectivity index (χ2n) is 8.44. The van der Waals surface area contributed by atoms with Crippen molar-refractivity contribution >= 4 is 28.7 Å². The maximum Gasteiger partial charge on any atom is 0.415 e. The molecule has 2 aromatic carbocycles. The number of alkyl halides is 2. The van der Waals surface area contributed by atoms with Crippen LogP contribution in [-0.4, -0.2) is 45.4 Å². The number of halogens is 2. The Morgan fingerprint density at radius 1 is 1.27 bits per heavy atom. The fourth-order valence-corrected chi connectivity index (χ4v) is 3.81. The van der Waals surface area contributed by atoms with E-state index in [2.05, 4.69) is 9.98 Å². The highest BCUT2D eigenvalue weighted by molar-refractivity contribution is 5.95. The minimum Gasteiger partial charge on any atom is -0.441 e. The lowest BCUT2D eigenvalue weighted by Gasteiger charge is -2.15. The van der Waals surface area contributed by atoms with Gasteiger partial charge in [0.15, 0.2) is 0 Å². The molecule has 1 aliphatic rings. The average Bonchev–Trinajstić information content (AvgIpc) is 3.26. The van der Waals surface area contributed by atoms with E-state index >= 15 is 0 Å². The third-order valence-corrected chi connectivity index (χ3v) is 5.34. The van der Waals surface area contributed by atoms with Gasteiger partial charge in [-0.05, 0) is 50.6 Å². The van der Waals surface area contributed by atoms with Gasteiger partial charge in [0.05, 0.1) is 17.6 Å². The predicted octanol–water partition coefficient (Wildman–Crippen LogP) is 3.77. The van der Waals surface area contributed by atoms with Gasteiger partial charge >= 0.3 is 6.09 Å². The minimum absolute atomic E-state index is 0.0443. The number of anilines is 1. The highest BCUT2D eigenvalue weighted by atomic mass is 19.3. The first-order chi connectivity index (χ1) is 15.7. The standard InChI is InChI=1S/C23H24F2N4O4/c1-23(2)13-29(22(32)33-23)16-7-8-18-17(12-16)26-21(28(18)9-4-10-30)27-20(31)15-6-3-5-14(11-15)19(24)25/h3,5-8,11-12,19,30H,4,9-10,13H2,1-2H3,(H,26,27,31). The van der Waals surface area contributed by atoms with Crippen molar-refractivity contribution in [3.63, 3.8) is 0 Å². The molecular weight excluding hydrogens is 434 g/mol. The number of imidazole rings is 1. The zero-order valence-electron chi connectivity index (χ0n) is 18.2. The number of nitrogens with one attached hydrogen (secondary N) is 1. The molecule has 33 heavy (non-hydrogen) atoms. The van der Waals surface area contributed by atoms with Crippen molar-refractivity contribution in [2.75, 3.05) is 18.1 Å². The number of amides is 2. The van der Waals surface area contributed by atoms with Crippen molar-refractivity contribution in [2.45, 2.75) is 38.8 Å². The molecule has 0 spiro atoms. The van der Waals surface area contributed by atoms with Gasteiger partial charge in [-0.2, -0.15) is 4.99 Å². The molecule has 2 heterocycles. The zero-order valence-corrected chi connectivity index (χ0v) is 18.2. The molecule has 8 nitrogen and oxygen atoms in total. The number of rotatable bonds is 6. The second kappa shape index (κ2) is 8.78. The predicted molar refractivity (Wildman–Crippen MR) is 117 cm³/mol. The molecule has 1 aliphatic heterocycles. The molecule has 1 fully saturated rings. The lowest BCUT2D eigenvalue weighted by Crippen LogP contribution is -2.28. The number of aromatic nitrogens is 2. The molecule has 0 bridgehead atoms. The Labute approximate surface area is 188 Å². The van der Waals surface area contributed by atoms with Crippen LogP contribution >= 0.6 is 0 Å². The third-order valence-electron chi connectivity index (χ3n) is 5.34. The number of H-pyrrole nitrogens is 1. The topological polar surface area (TPSA) is 99.9 Å². The highest BCUT2D eigenvalue weighted by Gasteiger charge is 2.38. The van der Waals surface area contributed by atoms with E-state index in [-0.39, 0.29) is 23.4 Å². The minimum atomic E-state index is -2.69. The smallest absolute Gasteiger partial charge is 0.415 e. The van der Waals surface area contributed by atoms with Crippen LogP contribution in [0.2, 0.25) is 0 Å². The molecule has 0 unspecified atom stereocenters. The first-order valence-corrected chi connectivity index (χ1v) is 10.5. The zero-order chi connectivity index (χ0) is 23.8. The number of hydrogen-bond acceptors (Lipinski definition) is 4. The SMILES string of the molecule is CC1(C)CN(c2ccc3c(c2)[nH]/c(=N\C(=O)c2cccc(C(F)F)c2)n3CCCO)C(=O)O1. The first kappa shape index (κ1) is 22.7. The van der Waals surface area contributed by atoms with E-state index in [1.54, 1.807) is 22.8 Å². The molecule has 1 aromatic heterocycles. The molecular formula is C23H24F2N4O4. The number of aryl methyl sites for hydroxylation is 1. The Balaban J connectivity index is 1.76. The summed E-state index contributed by atoms with van der Waals surface area (Å²) in [6.07, 6.45) is -2.72.